The molecule has 122 valence electrons. The van der Waals surface area contributed by atoms with Crippen LogP contribution in [0.2, 0.25) is 0 Å². The SMILES string of the molecule is N#Cc1c(CSc2ccccc2N)cc(=O)n2c1sc1ccccc12. The Balaban J connectivity index is 1.85. The number of para-hydroxylation sites is 2. The third-order valence-corrected chi connectivity index (χ3v) is 6.27. The number of aromatic nitrogens is 1. The van der Waals surface area contributed by atoms with E-state index in [0.29, 0.717) is 21.8 Å². The van der Waals surface area contributed by atoms with Crippen LogP contribution in [-0.4, -0.2) is 4.40 Å². The molecule has 0 saturated heterocycles. The largest absolute Gasteiger partial charge is 0.398 e. The van der Waals surface area contributed by atoms with Crippen molar-refractivity contribution in [2.24, 2.45) is 0 Å². The number of fused-ring (bicyclic) bond motifs is 3. The summed E-state index contributed by atoms with van der Waals surface area (Å²) in [7, 11) is 0. The number of nitriles is 1. The number of anilines is 1. The molecule has 2 N–H and O–H groups in total. The van der Waals surface area contributed by atoms with Crippen LogP contribution in [0.5, 0.6) is 0 Å². The van der Waals surface area contributed by atoms with E-state index in [-0.39, 0.29) is 5.56 Å². The van der Waals surface area contributed by atoms with E-state index in [2.05, 4.69) is 6.07 Å². The molecule has 0 spiro atoms. The quantitative estimate of drug-likeness (QED) is 0.436. The number of hydrogen-bond donors (Lipinski definition) is 1. The van der Waals surface area contributed by atoms with Gasteiger partial charge in [0.05, 0.1) is 15.8 Å². The van der Waals surface area contributed by atoms with E-state index in [1.165, 1.54) is 23.1 Å². The van der Waals surface area contributed by atoms with E-state index in [1.807, 2.05) is 48.5 Å². The molecule has 2 aromatic heterocycles. The average Bonchev–Trinajstić information content (AvgIpc) is 3.01. The molecule has 0 unspecified atom stereocenters. The van der Waals surface area contributed by atoms with Gasteiger partial charge in [-0.3, -0.25) is 9.20 Å². The van der Waals surface area contributed by atoms with Gasteiger partial charge in [0.2, 0.25) is 0 Å². The zero-order valence-corrected chi connectivity index (χ0v) is 14.7. The Morgan fingerprint density at radius 3 is 2.72 bits per heavy atom. The highest BCUT2D eigenvalue weighted by molar-refractivity contribution is 7.98. The minimum atomic E-state index is -0.108. The standard InChI is InChI=1S/C19H13N3OS2/c20-10-13-12(11-24-16-7-3-1-5-14(16)21)9-18(23)22-15-6-2-4-8-17(15)25-19(13)22/h1-9H,11,21H2. The number of hydrogen-bond acceptors (Lipinski definition) is 5. The van der Waals surface area contributed by atoms with Crippen molar-refractivity contribution in [1.29, 1.82) is 5.26 Å². The summed E-state index contributed by atoms with van der Waals surface area (Å²) in [4.78, 5) is 14.3. The zero-order valence-electron chi connectivity index (χ0n) is 13.1. The average molecular weight is 363 g/mol. The predicted octanol–water partition coefficient (Wildman–Crippen LogP) is 4.26. The molecule has 0 aliphatic carbocycles. The van der Waals surface area contributed by atoms with Crippen molar-refractivity contribution in [1.82, 2.24) is 4.40 Å². The first kappa shape index (κ1) is 15.8. The molecular formula is C19H13N3OS2. The van der Waals surface area contributed by atoms with Crippen LogP contribution >= 0.6 is 23.1 Å². The van der Waals surface area contributed by atoms with Crippen LogP contribution in [0, 0.1) is 11.3 Å². The van der Waals surface area contributed by atoms with Gasteiger partial charge in [0.15, 0.2) is 0 Å². The highest BCUT2D eigenvalue weighted by Crippen LogP contribution is 2.32. The van der Waals surface area contributed by atoms with E-state index in [4.69, 9.17) is 5.73 Å². The van der Waals surface area contributed by atoms with Crippen LogP contribution in [0.1, 0.15) is 11.1 Å². The highest BCUT2D eigenvalue weighted by Gasteiger charge is 2.15. The molecule has 4 nitrogen and oxygen atoms in total. The van der Waals surface area contributed by atoms with Crippen LogP contribution in [0.4, 0.5) is 5.69 Å². The number of benzene rings is 2. The van der Waals surface area contributed by atoms with Gasteiger partial charge >= 0.3 is 0 Å². The summed E-state index contributed by atoms with van der Waals surface area (Å²) < 4.78 is 2.62. The number of rotatable bonds is 3. The van der Waals surface area contributed by atoms with Crippen molar-refractivity contribution in [3.63, 3.8) is 0 Å². The molecule has 0 amide bonds. The van der Waals surface area contributed by atoms with Gasteiger partial charge in [0.1, 0.15) is 10.9 Å². The summed E-state index contributed by atoms with van der Waals surface area (Å²) in [6.07, 6.45) is 0. The normalized spacial score (nSPS) is 11.0. The Hall–Kier alpha value is -2.75. The van der Waals surface area contributed by atoms with Gasteiger partial charge in [-0.1, -0.05) is 24.3 Å². The van der Waals surface area contributed by atoms with E-state index in [0.717, 1.165) is 20.7 Å². The van der Waals surface area contributed by atoms with Gasteiger partial charge in [-0.2, -0.15) is 5.26 Å². The van der Waals surface area contributed by atoms with Crippen LogP contribution in [0.15, 0.2) is 64.3 Å². The fourth-order valence-corrected chi connectivity index (χ4v) is 4.92. The molecule has 4 aromatic rings. The zero-order chi connectivity index (χ0) is 17.4. The predicted molar refractivity (Wildman–Crippen MR) is 104 cm³/mol. The maximum atomic E-state index is 12.6. The molecule has 0 bridgehead atoms. The van der Waals surface area contributed by atoms with Gasteiger partial charge in [-0.05, 0) is 29.8 Å². The Morgan fingerprint density at radius 1 is 1.16 bits per heavy atom. The maximum Gasteiger partial charge on any atom is 0.256 e. The van der Waals surface area contributed by atoms with Crippen molar-refractivity contribution >= 4 is 43.8 Å². The summed E-state index contributed by atoms with van der Waals surface area (Å²) in [5.41, 5.74) is 8.71. The van der Waals surface area contributed by atoms with Crippen LogP contribution in [0.3, 0.4) is 0 Å². The van der Waals surface area contributed by atoms with Gasteiger partial charge < -0.3 is 5.73 Å². The van der Waals surface area contributed by atoms with Crippen LogP contribution in [-0.2, 0) is 5.75 Å². The number of nitrogen functional groups attached to an aromatic ring is 1. The monoisotopic (exact) mass is 363 g/mol. The summed E-state index contributed by atoms with van der Waals surface area (Å²) in [5, 5.41) is 9.69. The van der Waals surface area contributed by atoms with Gasteiger partial charge in [-0.15, -0.1) is 23.1 Å². The molecule has 0 aliphatic rings. The molecule has 0 radical (unpaired) electrons. The first-order valence-corrected chi connectivity index (χ1v) is 9.43. The molecular weight excluding hydrogens is 350 g/mol. The van der Waals surface area contributed by atoms with Crippen molar-refractivity contribution in [3.8, 4) is 6.07 Å². The van der Waals surface area contributed by atoms with Gasteiger partial charge in [-0.25, -0.2) is 0 Å². The van der Waals surface area contributed by atoms with Gasteiger partial charge in [0, 0.05) is 22.4 Å². The van der Waals surface area contributed by atoms with Crippen LogP contribution < -0.4 is 11.3 Å². The second-order valence-corrected chi connectivity index (χ2v) is 7.58. The van der Waals surface area contributed by atoms with Crippen molar-refractivity contribution in [2.75, 3.05) is 5.73 Å². The van der Waals surface area contributed by atoms with Crippen molar-refractivity contribution < 1.29 is 0 Å². The molecule has 2 aromatic carbocycles. The minimum absolute atomic E-state index is 0.108. The Kier molecular flexibility index (Phi) is 3.96. The maximum absolute atomic E-state index is 12.6. The minimum Gasteiger partial charge on any atom is -0.398 e. The molecule has 4 rings (SSSR count). The summed E-state index contributed by atoms with van der Waals surface area (Å²) in [6, 6.07) is 19.1. The lowest BCUT2D eigenvalue weighted by molar-refractivity contribution is 1.14. The Bertz CT molecular complexity index is 1200. The number of nitrogens with zero attached hydrogens (tertiary/aromatic N) is 2. The summed E-state index contributed by atoms with van der Waals surface area (Å²) in [5.74, 6) is 0.525. The molecule has 6 heteroatoms. The smallest absolute Gasteiger partial charge is 0.256 e. The lowest BCUT2D eigenvalue weighted by Crippen LogP contribution is -2.13. The molecule has 0 saturated carbocycles. The Morgan fingerprint density at radius 2 is 1.92 bits per heavy atom. The topological polar surface area (TPSA) is 71.3 Å². The lowest BCUT2D eigenvalue weighted by atomic mass is 10.2. The number of thiazole rings is 1. The summed E-state index contributed by atoms with van der Waals surface area (Å²) >= 11 is 3.01. The second kappa shape index (κ2) is 6.28. The fraction of sp³-hybridized carbons (Fsp3) is 0.0526. The highest BCUT2D eigenvalue weighted by atomic mass is 32.2. The number of nitrogens with two attached hydrogens (primary N) is 1. The van der Waals surface area contributed by atoms with Crippen molar-refractivity contribution in [3.05, 3.63) is 76.1 Å². The number of thioether (sulfide) groups is 1. The van der Waals surface area contributed by atoms with E-state index >= 15 is 0 Å². The lowest BCUT2D eigenvalue weighted by Gasteiger charge is -2.07. The summed E-state index contributed by atoms with van der Waals surface area (Å²) in [6.45, 7) is 0. The van der Waals surface area contributed by atoms with E-state index < -0.39 is 0 Å². The third-order valence-electron chi connectivity index (χ3n) is 3.98. The van der Waals surface area contributed by atoms with Gasteiger partial charge in [0.25, 0.3) is 5.56 Å². The fourth-order valence-electron chi connectivity index (χ4n) is 2.79. The third kappa shape index (κ3) is 2.68. The second-order valence-electron chi connectivity index (χ2n) is 5.53. The molecule has 0 fully saturated rings. The molecule has 25 heavy (non-hydrogen) atoms. The number of pyridine rings is 1. The first-order chi connectivity index (χ1) is 12.2. The molecule has 2 heterocycles. The van der Waals surface area contributed by atoms with Crippen molar-refractivity contribution in [2.45, 2.75) is 10.6 Å². The first-order valence-electron chi connectivity index (χ1n) is 7.62. The molecule has 0 aliphatic heterocycles. The van der Waals surface area contributed by atoms with Crippen LogP contribution in [0.25, 0.3) is 15.0 Å². The molecule has 0 atom stereocenters. The Labute approximate surface area is 152 Å². The van der Waals surface area contributed by atoms with E-state index in [1.54, 1.807) is 10.5 Å². The van der Waals surface area contributed by atoms with E-state index in [9.17, 15) is 10.1 Å².